The van der Waals surface area contributed by atoms with Crippen LogP contribution in [0.3, 0.4) is 0 Å². The molecule has 2 heterocycles. The number of benzene rings is 2. The first-order valence-corrected chi connectivity index (χ1v) is 12.0. The summed E-state index contributed by atoms with van der Waals surface area (Å²) < 4.78 is 30.1. The summed E-state index contributed by atoms with van der Waals surface area (Å²) in [6.45, 7) is 4.34. The van der Waals surface area contributed by atoms with Gasteiger partial charge in [-0.05, 0) is 56.5 Å². The van der Waals surface area contributed by atoms with E-state index in [1.165, 1.54) is 30.3 Å². The third kappa shape index (κ3) is 5.77. The summed E-state index contributed by atoms with van der Waals surface area (Å²) in [7, 11) is 0. The number of hydrogen-bond acceptors (Lipinski definition) is 6. The molecule has 0 aliphatic carbocycles. The first-order chi connectivity index (χ1) is 17.5. The van der Waals surface area contributed by atoms with Gasteiger partial charge in [-0.15, -0.1) is 0 Å². The van der Waals surface area contributed by atoms with Crippen molar-refractivity contribution in [2.45, 2.75) is 44.8 Å². The number of carbonyl (C=O) groups is 1. The molecule has 3 aromatic rings. The van der Waals surface area contributed by atoms with Gasteiger partial charge >= 0.3 is 5.97 Å². The van der Waals surface area contributed by atoms with Crippen LogP contribution in [0.4, 0.5) is 14.6 Å². The van der Waals surface area contributed by atoms with Crippen molar-refractivity contribution in [3.63, 3.8) is 0 Å². The smallest absolute Gasteiger partial charge is 0.336 e. The average molecular weight is 507 g/mol. The van der Waals surface area contributed by atoms with Gasteiger partial charge in [-0.3, -0.25) is 0 Å². The number of anilines is 1. The molecule has 0 bridgehead atoms. The minimum Gasteiger partial charge on any atom is -0.478 e. The Bertz CT molecular complexity index is 1390. The fraction of sp³-hybridized carbons (Fsp3) is 0.321. The van der Waals surface area contributed by atoms with Crippen molar-refractivity contribution in [3.8, 4) is 28.5 Å². The third-order valence-electron chi connectivity index (χ3n) is 6.40. The number of carboxylic acids is 1. The topological polar surface area (TPSA) is 123 Å². The number of carboxylic acid groups (broad SMARTS) is 1. The van der Waals surface area contributed by atoms with Gasteiger partial charge in [0.15, 0.2) is 0 Å². The summed E-state index contributed by atoms with van der Waals surface area (Å²) in [6, 6.07) is 11.4. The molecule has 192 valence electrons. The second kappa shape index (κ2) is 10.2. The molecule has 0 atom stereocenters. The number of hydrogen-bond donors (Lipinski definition) is 3. The lowest BCUT2D eigenvalue weighted by Crippen LogP contribution is -2.40. The van der Waals surface area contributed by atoms with Crippen molar-refractivity contribution in [1.29, 1.82) is 5.26 Å². The summed E-state index contributed by atoms with van der Waals surface area (Å²) in [4.78, 5) is 19.1. The zero-order valence-corrected chi connectivity index (χ0v) is 20.6. The molecular weight excluding hydrogens is 478 g/mol. The highest BCUT2D eigenvalue weighted by atomic mass is 19.1. The SMILES string of the molecule is CC(C)(O)Cc1ccc(-c2c(C(=O)O)cc(N3CCC(N)CC3)nc2-c2ccc(C#N)c(F)c2)c(F)c1. The number of nitrogens with two attached hydrogens (primary N) is 1. The molecule has 9 heteroatoms. The van der Waals surface area contributed by atoms with Gasteiger partial charge in [0.1, 0.15) is 23.5 Å². The summed E-state index contributed by atoms with van der Waals surface area (Å²) in [5, 5.41) is 29.4. The fourth-order valence-corrected chi connectivity index (χ4v) is 4.60. The number of pyridine rings is 1. The molecule has 1 aromatic heterocycles. The van der Waals surface area contributed by atoms with Gasteiger partial charge in [-0.1, -0.05) is 18.2 Å². The number of piperidine rings is 1. The van der Waals surface area contributed by atoms with Crippen LogP contribution < -0.4 is 10.6 Å². The molecule has 7 nitrogen and oxygen atoms in total. The zero-order chi connectivity index (χ0) is 26.9. The van der Waals surface area contributed by atoms with E-state index in [1.807, 2.05) is 4.90 Å². The molecule has 2 aromatic carbocycles. The Hall–Kier alpha value is -3.87. The van der Waals surface area contributed by atoms with Gasteiger partial charge in [-0.2, -0.15) is 5.26 Å². The van der Waals surface area contributed by atoms with Gasteiger partial charge in [0.05, 0.1) is 22.4 Å². The Morgan fingerprint density at radius 2 is 1.86 bits per heavy atom. The lowest BCUT2D eigenvalue weighted by atomic mass is 9.91. The Morgan fingerprint density at radius 3 is 2.43 bits per heavy atom. The molecule has 1 fully saturated rings. The van der Waals surface area contributed by atoms with E-state index in [1.54, 1.807) is 26.0 Å². The maximum absolute atomic E-state index is 15.5. The first kappa shape index (κ1) is 26.2. The minimum atomic E-state index is -1.29. The van der Waals surface area contributed by atoms with Gasteiger partial charge in [0, 0.05) is 42.2 Å². The van der Waals surface area contributed by atoms with Crippen LogP contribution in [0, 0.1) is 23.0 Å². The minimum absolute atomic E-state index is 0.00128. The quantitative estimate of drug-likeness (QED) is 0.450. The second-order valence-electron chi connectivity index (χ2n) is 9.99. The van der Waals surface area contributed by atoms with E-state index >= 15 is 4.39 Å². The average Bonchev–Trinajstić information content (AvgIpc) is 2.83. The Balaban J connectivity index is 1.95. The molecule has 0 unspecified atom stereocenters. The molecule has 4 N–H and O–H groups in total. The van der Waals surface area contributed by atoms with Crippen molar-refractivity contribution in [2.24, 2.45) is 5.73 Å². The lowest BCUT2D eigenvalue weighted by Gasteiger charge is -2.32. The zero-order valence-electron chi connectivity index (χ0n) is 20.6. The van der Waals surface area contributed by atoms with Crippen molar-refractivity contribution < 1.29 is 23.8 Å². The largest absolute Gasteiger partial charge is 0.478 e. The predicted molar refractivity (Wildman–Crippen MR) is 136 cm³/mol. The lowest BCUT2D eigenvalue weighted by molar-refractivity contribution is 0.0697. The van der Waals surface area contributed by atoms with E-state index in [-0.39, 0.29) is 46.0 Å². The second-order valence-corrected chi connectivity index (χ2v) is 9.99. The molecule has 0 radical (unpaired) electrons. The van der Waals surface area contributed by atoms with Gasteiger partial charge in [0.25, 0.3) is 0 Å². The van der Waals surface area contributed by atoms with Crippen LogP contribution in [-0.4, -0.2) is 45.9 Å². The first-order valence-electron chi connectivity index (χ1n) is 12.0. The van der Waals surface area contributed by atoms with Crippen molar-refractivity contribution in [3.05, 3.63) is 70.8 Å². The van der Waals surface area contributed by atoms with E-state index in [0.29, 0.717) is 37.3 Å². The van der Waals surface area contributed by atoms with E-state index < -0.39 is 23.2 Å². The van der Waals surface area contributed by atoms with E-state index in [9.17, 15) is 19.4 Å². The number of nitrogens with zero attached hydrogens (tertiary/aromatic N) is 3. The number of aliphatic hydroxyl groups is 1. The maximum atomic E-state index is 15.5. The summed E-state index contributed by atoms with van der Waals surface area (Å²) in [6.07, 6.45) is 1.59. The molecule has 1 aliphatic heterocycles. The molecular formula is C28H28F2N4O3. The van der Waals surface area contributed by atoms with Crippen LogP contribution in [0.15, 0.2) is 42.5 Å². The standard InChI is InChI=1S/C28H28F2N4O3/c1-28(2,37)14-16-3-6-20(23(30)11-16)25-21(27(35)36)13-24(34-9-7-19(32)8-10-34)33-26(25)17-4-5-18(15-31)22(29)12-17/h3-6,11-13,19,37H,7-10,14,32H2,1-2H3,(H,35,36). The fourth-order valence-electron chi connectivity index (χ4n) is 4.60. The van der Waals surface area contributed by atoms with Crippen LogP contribution >= 0.6 is 0 Å². The number of aromatic carboxylic acids is 1. The van der Waals surface area contributed by atoms with Crippen LogP contribution in [-0.2, 0) is 6.42 Å². The van der Waals surface area contributed by atoms with Gasteiger partial charge in [-0.25, -0.2) is 18.6 Å². The molecule has 4 rings (SSSR count). The van der Waals surface area contributed by atoms with E-state index in [4.69, 9.17) is 16.0 Å². The van der Waals surface area contributed by atoms with Gasteiger partial charge in [0.2, 0.25) is 0 Å². The number of nitriles is 1. The van der Waals surface area contributed by atoms with Crippen molar-refractivity contribution in [1.82, 2.24) is 4.98 Å². The Morgan fingerprint density at radius 1 is 1.16 bits per heavy atom. The summed E-state index contributed by atoms with van der Waals surface area (Å²) in [5.74, 6) is -2.41. The number of rotatable bonds is 6. The summed E-state index contributed by atoms with van der Waals surface area (Å²) >= 11 is 0. The molecule has 1 aliphatic rings. The highest BCUT2D eigenvalue weighted by Gasteiger charge is 2.27. The highest BCUT2D eigenvalue weighted by Crippen LogP contribution is 2.39. The Kier molecular flexibility index (Phi) is 7.25. The number of halogens is 2. The number of aromatic nitrogens is 1. The molecule has 37 heavy (non-hydrogen) atoms. The van der Waals surface area contributed by atoms with Gasteiger partial charge < -0.3 is 20.8 Å². The van der Waals surface area contributed by atoms with Crippen molar-refractivity contribution >= 4 is 11.8 Å². The molecule has 0 saturated carbocycles. The van der Waals surface area contributed by atoms with Crippen LogP contribution in [0.5, 0.6) is 0 Å². The van der Waals surface area contributed by atoms with Crippen LogP contribution in [0.25, 0.3) is 22.4 Å². The van der Waals surface area contributed by atoms with E-state index in [0.717, 1.165) is 6.07 Å². The molecule has 1 saturated heterocycles. The van der Waals surface area contributed by atoms with E-state index in [2.05, 4.69) is 0 Å². The van der Waals surface area contributed by atoms with Crippen LogP contribution in [0.2, 0.25) is 0 Å². The third-order valence-corrected chi connectivity index (χ3v) is 6.40. The highest BCUT2D eigenvalue weighted by molar-refractivity contribution is 6.01. The Labute approximate surface area is 213 Å². The van der Waals surface area contributed by atoms with Crippen LogP contribution in [0.1, 0.15) is 48.2 Å². The normalized spacial score (nSPS) is 14.5. The molecule has 0 spiro atoms. The monoisotopic (exact) mass is 506 g/mol. The predicted octanol–water partition coefficient (Wildman–Crippen LogP) is 4.50. The van der Waals surface area contributed by atoms with Crippen molar-refractivity contribution in [2.75, 3.05) is 18.0 Å². The molecule has 0 amide bonds. The summed E-state index contributed by atoms with van der Waals surface area (Å²) in [5.41, 5.74) is 5.41. The maximum Gasteiger partial charge on any atom is 0.336 e.